The van der Waals surface area contributed by atoms with Crippen molar-refractivity contribution < 1.29 is 0 Å². The van der Waals surface area contributed by atoms with Gasteiger partial charge in [0.25, 0.3) is 0 Å². The minimum Gasteiger partial charge on any atom is -0.276 e. The number of nitrogens with zero attached hydrogens (tertiary/aromatic N) is 4. The zero-order valence-corrected chi connectivity index (χ0v) is 31.1. The summed E-state index contributed by atoms with van der Waals surface area (Å²) in [5.74, 6) is 0.616. The number of fused-ring (bicyclic) bond motifs is 10. The fraction of sp³-hybridized carbons (Fsp3) is 0.0577. The highest BCUT2D eigenvalue weighted by atomic mass is 15.2. The van der Waals surface area contributed by atoms with Gasteiger partial charge in [-0.15, -0.1) is 0 Å². The maximum Gasteiger partial charge on any atom is 0.235 e. The summed E-state index contributed by atoms with van der Waals surface area (Å²) >= 11 is 0. The van der Waals surface area contributed by atoms with E-state index >= 15 is 0 Å². The molecule has 0 amide bonds. The lowest BCUT2D eigenvalue weighted by molar-refractivity contribution is 0.664. The van der Waals surface area contributed by atoms with Crippen molar-refractivity contribution in [2.75, 3.05) is 0 Å². The predicted molar refractivity (Wildman–Crippen MR) is 231 cm³/mol. The van der Waals surface area contributed by atoms with E-state index in [1.54, 1.807) is 0 Å². The van der Waals surface area contributed by atoms with Gasteiger partial charge in [0.05, 0.1) is 28.6 Å². The number of benzene rings is 7. The molecule has 4 heteroatoms. The van der Waals surface area contributed by atoms with Crippen LogP contribution in [0.1, 0.15) is 25.0 Å². The molecule has 0 saturated carbocycles. The van der Waals surface area contributed by atoms with Crippen LogP contribution in [0.3, 0.4) is 0 Å². The van der Waals surface area contributed by atoms with E-state index in [0.717, 1.165) is 61.2 Å². The van der Waals surface area contributed by atoms with E-state index in [9.17, 15) is 0 Å². The predicted octanol–water partition coefficient (Wildman–Crippen LogP) is 13.1. The maximum atomic E-state index is 5.57. The van der Waals surface area contributed by atoms with Gasteiger partial charge in [-0.25, -0.2) is 9.97 Å². The first-order valence-corrected chi connectivity index (χ1v) is 19.2. The Morgan fingerprint density at radius 1 is 0.482 bits per heavy atom. The van der Waals surface area contributed by atoms with Crippen molar-refractivity contribution in [2.45, 2.75) is 19.3 Å². The van der Waals surface area contributed by atoms with Gasteiger partial charge < -0.3 is 0 Å². The highest BCUT2D eigenvalue weighted by Crippen LogP contribution is 2.56. The molecular formula is C52H36N4. The van der Waals surface area contributed by atoms with Gasteiger partial charge in [0.15, 0.2) is 0 Å². The SMILES string of the molecule is CC1(C)c2ccccc2-c2c1c1c(c3ccccc23)c2ccncc2n1-c1nc(-c2ccccc2)cc(-c2cc(-c3ccccc3)cc(-c3ccccc3)c2)n1. The van der Waals surface area contributed by atoms with Crippen molar-refractivity contribution in [2.24, 2.45) is 0 Å². The molecule has 0 aliphatic heterocycles. The molecule has 7 aromatic carbocycles. The van der Waals surface area contributed by atoms with Crippen molar-refractivity contribution >= 4 is 32.6 Å². The van der Waals surface area contributed by atoms with Gasteiger partial charge in [-0.05, 0) is 85.6 Å². The molecule has 0 atom stereocenters. The van der Waals surface area contributed by atoms with Crippen LogP contribution < -0.4 is 0 Å². The number of rotatable bonds is 5. The lowest BCUT2D eigenvalue weighted by Gasteiger charge is -2.24. The van der Waals surface area contributed by atoms with Crippen molar-refractivity contribution in [3.63, 3.8) is 0 Å². The monoisotopic (exact) mass is 716 g/mol. The summed E-state index contributed by atoms with van der Waals surface area (Å²) < 4.78 is 2.30. The van der Waals surface area contributed by atoms with Crippen molar-refractivity contribution in [1.82, 2.24) is 19.5 Å². The molecular weight excluding hydrogens is 681 g/mol. The first-order valence-electron chi connectivity index (χ1n) is 19.2. The second kappa shape index (κ2) is 12.4. The zero-order chi connectivity index (χ0) is 37.4. The minimum absolute atomic E-state index is 0.289. The van der Waals surface area contributed by atoms with Gasteiger partial charge in [-0.3, -0.25) is 9.55 Å². The van der Waals surface area contributed by atoms with Crippen molar-refractivity contribution in [3.8, 4) is 61.8 Å². The molecule has 1 aliphatic rings. The third kappa shape index (κ3) is 4.89. The standard InChI is InChI=1S/C52H36N4/c1-52(2)43-25-15-14-24-41(43)47-39-22-12-13-23-40(39)48-42-26-27-53-32-46(42)56(50(48)49(47)52)51-54-44(35-20-10-5-11-21-35)31-45(55-51)38-29-36(33-16-6-3-7-17-33)28-37(30-38)34-18-8-4-9-19-34/h3-32H,1-2H3. The Hall–Kier alpha value is -7.17. The fourth-order valence-electron chi connectivity index (χ4n) is 9.10. The van der Waals surface area contributed by atoms with E-state index in [1.807, 2.05) is 12.4 Å². The van der Waals surface area contributed by atoms with E-state index < -0.39 is 0 Å². The normalized spacial score (nSPS) is 13.0. The molecule has 0 saturated heterocycles. The average molecular weight is 717 g/mol. The summed E-state index contributed by atoms with van der Waals surface area (Å²) in [5.41, 5.74) is 15.3. The number of pyridine rings is 1. The highest BCUT2D eigenvalue weighted by Gasteiger charge is 2.40. The second-order valence-electron chi connectivity index (χ2n) is 15.3. The molecule has 3 aromatic heterocycles. The van der Waals surface area contributed by atoms with E-state index in [0.29, 0.717) is 5.95 Å². The first-order chi connectivity index (χ1) is 27.5. The Morgan fingerprint density at radius 3 is 1.71 bits per heavy atom. The summed E-state index contributed by atoms with van der Waals surface area (Å²) in [5, 5.41) is 4.81. The molecule has 0 spiro atoms. The van der Waals surface area contributed by atoms with Crippen LogP contribution >= 0.6 is 0 Å². The van der Waals surface area contributed by atoms with Crippen LogP contribution in [0.4, 0.5) is 0 Å². The summed E-state index contributed by atoms with van der Waals surface area (Å²) in [4.78, 5) is 15.7. The van der Waals surface area contributed by atoms with Crippen molar-refractivity contribution in [1.29, 1.82) is 0 Å². The van der Waals surface area contributed by atoms with Crippen LogP contribution in [0.25, 0.3) is 94.4 Å². The fourth-order valence-corrected chi connectivity index (χ4v) is 9.10. The summed E-state index contributed by atoms with van der Waals surface area (Å²) in [7, 11) is 0. The van der Waals surface area contributed by atoms with E-state index in [4.69, 9.17) is 15.0 Å². The zero-order valence-electron chi connectivity index (χ0n) is 31.1. The topological polar surface area (TPSA) is 43.6 Å². The Balaban J connectivity index is 1.27. The van der Waals surface area contributed by atoms with E-state index in [-0.39, 0.29) is 5.41 Å². The lowest BCUT2D eigenvalue weighted by atomic mass is 9.80. The number of hydrogen-bond donors (Lipinski definition) is 0. The van der Waals surface area contributed by atoms with Gasteiger partial charge in [0.2, 0.25) is 5.95 Å². The molecule has 0 unspecified atom stereocenters. The molecule has 0 radical (unpaired) electrons. The summed E-state index contributed by atoms with van der Waals surface area (Å²) in [6.07, 6.45) is 3.88. The molecule has 1 aliphatic carbocycles. The molecule has 0 fully saturated rings. The molecule has 10 aromatic rings. The number of hydrogen-bond acceptors (Lipinski definition) is 3. The lowest BCUT2D eigenvalue weighted by Crippen LogP contribution is -2.17. The van der Waals surface area contributed by atoms with Crippen LogP contribution in [0.2, 0.25) is 0 Å². The van der Waals surface area contributed by atoms with Crippen LogP contribution in [0.5, 0.6) is 0 Å². The van der Waals surface area contributed by atoms with Crippen LogP contribution in [-0.2, 0) is 5.41 Å². The van der Waals surface area contributed by atoms with Gasteiger partial charge in [0.1, 0.15) is 0 Å². The summed E-state index contributed by atoms with van der Waals surface area (Å²) in [6.45, 7) is 4.72. The van der Waals surface area contributed by atoms with Crippen LogP contribution in [0.15, 0.2) is 182 Å². The Morgan fingerprint density at radius 2 is 1.04 bits per heavy atom. The third-order valence-corrected chi connectivity index (χ3v) is 11.6. The van der Waals surface area contributed by atoms with Gasteiger partial charge in [-0.2, -0.15) is 0 Å². The minimum atomic E-state index is -0.289. The molecule has 4 nitrogen and oxygen atoms in total. The molecule has 11 rings (SSSR count). The van der Waals surface area contributed by atoms with E-state index in [1.165, 1.54) is 38.4 Å². The Kier molecular flexibility index (Phi) is 7.17. The first kappa shape index (κ1) is 32.3. The number of aromatic nitrogens is 4. The van der Waals surface area contributed by atoms with Gasteiger partial charge in [0, 0.05) is 33.5 Å². The van der Waals surface area contributed by atoms with Crippen LogP contribution in [-0.4, -0.2) is 19.5 Å². The largest absolute Gasteiger partial charge is 0.276 e. The molecule has 0 N–H and O–H groups in total. The average Bonchev–Trinajstić information content (AvgIpc) is 3.73. The Bertz CT molecular complexity index is 3090. The third-order valence-electron chi connectivity index (χ3n) is 11.6. The molecule has 264 valence electrons. The van der Waals surface area contributed by atoms with Gasteiger partial charge in [-0.1, -0.05) is 153 Å². The molecule has 3 heterocycles. The second-order valence-corrected chi connectivity index (χ2v) is 15.3. The Labute approximate surface area is 325 Å². The quantitative estimate of drug-likeness (QED) is 0.178. The molecule has 0 bridgehead atoms. The smallest absolute Gasteiger partial charge is 0.235 e. The van der Waals surface area contributed by atoms with Crippen molar-refractivity contribution in [3.05, 3.63) is 193 Å². The molecule has 56 heavy (non-hydrogen) atoms. The van der Waals surface area contributed by atoms with Gasteiger partial charge >= 0.3 is 0 Å². The van der Waals surface area contributed by atoms with E-state index in [2.05, 4.69) is 188 Å². The van der Waals surface area contributed by atoms with Crippen LogP contribution in [0, 0.1) is 0 Å². The maximum absolute atomic E-state index is 5.57. The highest BCUT2D eigenvalue weighted by molar-refractivity contribution is 6.26. The summed E-state index contributed by atoms with van der Waals surface area (Å²) in [6, 6.07) is 60.5.